The molecular formula is C14H22O2. The topological polar surface area (TPSA) is 37.3 Å². The van der Waals surface area contributed by atoms with Crippen LogP contribution in [0.1, 0.15) is 58.8 Å². The molecule has 0 bridgehead atoms. The molecule has 90 valence electrons. The van der Waals surface area contributed by atoms with E-state index in [1.807, 2.05) is 0 Å². The molecule has 2 heteroatoms. The Morgan fingerprint density at radius 3 is 2.81 bits per heavy atom. The zero-order chi connectivity index (χ0) is 12.0. The highest BCUT2D eigenvalue weighted by Gasteiger charge is 2.18. The van der Waals surface area contributed by atoms with Crippen LogP contribution in [-0.2, 0) is 4.79 Å². The fourth-order valence-electron chi connectivity index (χ4n) is 1.94. The number of aliphatic hydroxyl groups excluding tert-OH is 1. The first-order chi connectivity index (χ1) is 7.65. The largest absolute Gasteiger partial charge is 0.512 e. The molecule has 0 aromatic carbocycles. The van der Waals surface area contributed by atoms with E-state index in [9.17, 15) is 9.90 Å². The number of carbonyl (C=O) groups is 1. The number of hydrogen-bond acceptors (Lipinski definition) is 2. The molecule has 0 aromatic heterocycles. The minimum absolute atomic E-state index is 0.128. The van der Waals surface area contributed by atoms with Gasteiger partial charge in [-0.25, -0.2) is 0 Å². The second-order valence-corrected chi connectivity index (χ2v) is 4.56. The van der Waals surface area contributed by atoms with Gasteiger partial charge in [0, 0.05) is 18.4 Å². The number of allylic oxidation sites excluding steroid dienone is 4. The molecule has 1 rings (SSSR count). The summed E-state index contributed by atoms with van der Waals surface area (Å²) in [6, 6.07) is 0. The maximum Gasteiger partial charge on any atom is 0.162 e. The molecule has 0 aromatic rings. The van der Waals surface area contributed by atoms with Gasteiger partial charge >= 0.3 is 0 Å². The lowest BCUT2D eigenvalue weighted by atomic mass is 9.93. The van der Waals surface area contributed by atoms with E-state index >= 15 is 0 Å². The van der Waals surface area contributed by atoms with Crippen molar-refractivity contribution in [3.8, 4) is 0 Å². The standard InChI is InChI=1S/C14H22O2/c1-3-4-6-11(2)9-10-12-13(15)7-5-8-14(12)16/h9,15H,3-8,10H2,1-2H3/b11-9+. The number of aliphatic hydroxyl groups is 1. The Labute approximate surface area is 98.1 Å². The maximum atomic E-state index is 11.6. The number of Topliss-reactive ketones (excluding diaryl/α,β-unsaturated/α-hetero) is 1. The second-order valence-electron chi connectivity index (χ2n) is 4.56. The van der Waals surface area contributed by atoms with Crippen LogP contribution in [0.25, 0.3) is 0 Å². The molecule has 0 saturated carbocycles. The van der Waals surface area contributed by atoms with Gasteiger partial charge in [-0.1, -0.05) is 25.0 Å². The van der Waals surface area contributed by atoms with Crippen molar-refractivity contribution in [1.29, 1.82) is 0 Å². The molecule has 2 nitrogen and oxygen atoms in total. The highest BCUT2D eigenvalue weighted by molar-refractivity contribution is 5.96. The molecule has 0 saturated heterocycles. The summed E-state index contributed by atoms with van der Waals surface area (Å²) in [4.78, 5) is 11.6. The van der Waals surface area contributed by atoms with Crippen molar-refractivity contribution >= 4 is 5.78 Å². The van der Waals surface area contributed by atoms with E-state index in [1.54, 1.807) is 0 Å². The first-order valence-corrected chi connectivity index (χ1v) is 6.25. The van der Waals surface area contributed by atoms with Gasteiger partial charge in [0.15, 0.2) is 5.78 Å². The van der Waals surface area contributed by atoms with Crippen LogP contribution in [0, 0.1) is 0 Å². The van der Waals surface area contributed by atoms with Gasteiger partial charge in [0.05, 0.1) is 5.76 Å². The molecule has 0 fully saturated rings. The van der Waals surface area contributed by atoms with Crippen molar-refractivity contribution in [3.05, 3.63) is 23.0 Å². The average Bonchev–Trinajstić information content (AvgIpc) is 2.25. The Balaban J connectivity index is 2.56. The Kier molecular flexibility index (Phi) is 5.30. The van der Waals surface area contributed by atoms with Crippen molar-refractivity contribution in [2.45, 2.75) is 58.8 Å². The summed E-state index contributed by atoms with van der Waals surface area (Å²) in [6.07, 6.45) is 8.25. The lowest BCUT2D eigenvalue weighted by Gasteiger charge is -2.13. The van der Waals surface area contributed by atoms with Gasteiger partial charge < -0.3 is 5.11 Å². The zero-order valence-electron chi connectivity index (χ0n) is 10.4. The van der Waals surface area contributed by atoms with Gasteiger partial charge in [0.2, 0.25) is 0 Å². The maximum absolute atomic E-state index is 11.6. The first-order valence-electron chi connectivity index (χ1n) is 6.25. The van der Waals surface area contributed by atoms with Crippen LogP contribution >= 0.6 is 0 Å². The zero-order valence-corrected chi connectivity index (χ0v) is 10.4. The molecule has 0 atom stereocenters. The Morgan fingerprint density at radius 1 is 1.44 bits per heavy atom. The summed E-state index contributed by atoms with van der Waals surface area (Å²) in [5, 5.41) is 9.66. The summed E-state index contributed by atoms with van der Waals surface area (Å²) >= 11 is 0. The number of ketones is 1. The predicted molar refractivity (Wildman–Crippen MR) is 66.4 cm³/mol. The summed E-state index contributed by atoms with van der Waals surface area (Å²) in [6.45, 7) is 4.27. The van der Waals surface area contributed by atoms with Crippen molar-refractivity contribution < 1.29 is 9.90 Å². The van der Waals surface area contributed by atoms with Crippen LogP contribution in [-0.4, -0.2) is 10.9 Å². The minimum Gasteiger partial charge on any atom is -0.512 e. The third-order valence-electron chi connectivity index (χ3n) is 3.08. The Hall–Kier alpha value is -1.05. The quantitative estimate of drug-likeness (QED) is 0.712. The average molecular weight is 222 g/mol. The van der Waals surface area contributed by atoms with E-state index in [0.717, 1.165) is 12.8 Å². The van der Waals surface area contributed by atoms with Crippen molar-refractivity contribution in [2.24, 2.45) is 0 Å². The van der Waals surface area contributed by atoms with Gasteiger partial charge in [-0.3, -0.25) is 4.79 Å². The SMILES string of the molecule is CCCC/C(C)=C/CC1=C(O)CCCC1=O. The minimum atomic E-state index is 0.128. The highest BCUT2D eigenvalue weighted by atomic mass is 16.3. The van der Waals surface area contributed by atoms with Crippen LogP contribution in [0.5, 0.6) is 0 Å². The Bertz CT molecular complexity index is 311. The lowest BCUT2D eigenvalue weighted by molar-refractivity contribution is -0.116. The summed E-state index contributed by atoms with van der Waals surface area (Å²) in [5.41, 5.74) is 1.96. The molecule has 0 spiro atoms. The normalized spacial score (nSPS) is 18.1. The van der Waals surface area contributed by atoms with Gasteiger partial charge in [-0.15, -0.1) is 0 Å². The molecule has 0 aliphatic heterocycles. The molecule has 0 heterocycles. The number of rotatable bonds is 5. The highest BCUT2D eigenvalue weighted by Crippen LogP contribution is 2.23. The van der Waals surface area contributed by atoms with E-state index in [-0.39, 0.29) is 5.78 Å². The monoisotopic (exact) mass is 222 g/mol. The molecule has 1 aliphatic rings. The second kappa shape index (κ2) is 6.51. The summed E-state index contributed by atoms with van der Waals surface area (Å²) in [5.74, 6) is 0.444. The summed E-state index contributed by atoms with van der Waals surface area (Å²) < 4.78 is 0. The molecule has 0 unspecified atom stereocenters. The fraction of sp³-hybridized carbons (Fsp3) is 0.643. The number of carbonyl (C=O) groups excluding carboxylic acids is 1. The van der Waals surface area contributed by atoms with Gasteiger partial charge in [0.25, 0.3) is 0 Å². The number of unbranched alkanes of at least 4 members (excludes halogenated alkanes) is 1. The number of hydrogen-bond donors (Lipinski definition) is 1. The molecule has 1 aliphatic carbocycles. The van der Waals surface area contributed by atoms with Crippen LogP contribution in [0.15, 0.2) is 23.0 Å². The van der Waals surface area contributed by atoms with Gasteiger partial charge in [-0.05, 0) is 32.6 Å². The first kappa shape index (κ1) is 13.0. The van der Waals surface area contributed by atoms with E-state index in [2.05, 4.69) is 19.9 Å². The van der Waals surface area contributed by atoms with E-state index in [0.29, 0.717) is 30.6 Å². The van der Waals surface area contributed by atoms with Crippen molar-refractivity contribution in [3.63, 3.8) is 0 Å². The third kappa shape index (κ3) is 3.84. The predicted octanol–water partition coefficient (Wildman–Crippen LogP) is 4.08. The van der Waals surface area contributed by atoms with E-state index in [1.165, 1.54) is 18.4 Å². The molecule has 1 N–H and O–H groups in total. The lowest BCUT2D eigenvalue weighted by Crippen LogP contribution is -2.11. The van der Waals surface area contributed by atoms with Crippen LogP contribution in [0.3, 0.4) is 0 Å². The van der Waals surface area contributed by atoms with Gasteiger partial charge in [0.1, 0.15) is 0 Å². The summed E-state index contributed by atoms with van der Waals surface area (Å²) in [7, 11) is 0. The van der Waals surface area contributed by atoms with Crippen LogP contribution < -0.4 is 0 Å². The van der Waals surface area contributed by atoms with Crippen molar-refractivity contribution in [1.82, 2.24) is 0 Å². The third-order valence-corrected chi connectivity index (χ3v) is 3.08. The van der Waals surface area contributed by atoms with Crippen LogP contribution in [0.2, 0.25) is 0 Å². The van der Waals surface area contributed by atoms with Crippen molar-refractivity contribution in [2.75, 3.05) is 0 Å². The molecule has 0 radical (unpaired) electrons. The molecule has 16 heavy (non-hydrogen) atoms. The molecular weight excluding hydrogens is 200 g/mol. The molecule has 0 amide bonds. The smallest absolute Gasteiger partial charge is 0.162 e. The fourth-order valence-corrected chi connectivity index (χ4v) is 1.94. The van der Waals surface area contributed by atoms with Gasteiger partial charge in [-0.2, -0.15) is 0 Å². The van der Waals surface area contributed by atoms with E-state index < -0.39 is 0 Å². The Morgan fingerprint density at radius 2 is 2.19 bits per heavy atom. The van der Waals surface area contributed by atoms with Crippen LogP contribution in [0.4, 0.5) is 0 Å². The van der Waals surface area contributed by atoms with E-state index in [4.69, 9.17) is 0 Å².